The van der Waals surface area contributed by atoms with Gasteiger partial charge in [-0.3, -0.25) is 14.9 Å². The maximum Gasteiger partial charge on any atom is 0.355 e. The highest BCUT2D eigenvalue weighted by Gasteiger charge is 2.65. The van der Waals surface area contributed by atoms with Gasteiger partial charge in [0.15, 0.2) is 10.8 Å². The van der Waals surface area contributed by atoms with Gasteiger partial charge in [-0.25, -0.2) is 19.6 Å². The zero-order chi connectivity index (χ0) is 35.9. The first kappa shape index (κ1) is 33.5. The van der Waals surface area contributed by atoms with Crippen molar-refractivity contribution >= 4 is 46.3 Å². The van der Waals surface area contributed by atoms with Gasteiger partial charge in [0, 0.05) is 41.2 Å². The standard InChI is InChI=1S/C40H44N6O4S/c1-6-29-32(7-2)51-35(43-29)44-36(49)45-14-8-9-25-10-11-26(15-31(25)45)30-13-12-27(33(42-30)34(47)48)28-16-41-46(24(28)3)23-39-18-37(4)17-38(5,19-39)21-40(50,20-37)22-39/h6-7,10-13,15-16,50H,1-2,8-9,14,17-23H2,3-5H3,(H,47,48)(H,43,44,49). The molecule has 4 heterocycles. The van der Waals surface area contributed by atoms with Crippen molar-refractivity contribution in [3.05, 3.63) is 77.2 Å². The number of urea groups is 1. The van der Waals surface area contributed by atoms with Crippen LogP contribution in [0.15, 0.2) is 49.7 Å². The molecule has 1 aromatic carbocycles. The van der Waals surface area contributed by atoms with E-state index in [4.69, 9.17) is 5.10 Å². The molecule has 0 radical (unpaired) electrons. The van der Waals surface area contributed by atoms with Crippen LogP contribution in [0.1, 0.15) is 91.1 Å². The van der Waals surface area contributed by atoms with Crippen LogP contribution < -0.4 is 10.2 Å². The first-order valence-electron chi connectivity index (χ1n) is 17.7. The fourth-order valence-electron chi connectivity index (χ4n) is 11.0. The third-order valence-electron chi connectivity index (χ3n) is 11.7. The fourth-order valence-corrected chi connectivity index (χ4v) is 11.8. The van der Waals surface area contributed by atoms with Crippen LogP contribution in [-0.4, -0.2) is 54.1 Å². The summed E-state index contributed by atoms with van der Waals surface area (Å²) in [6.07, 6.45) is 12.6. The smallest absolute Gasteiger partial charge is 0.355 e. The maximum atomic E-state index is 13.5. The van der Waals surface area contributed by atoms with E-state index in [0.29, 0.717) is 40.7 Å². The van der Waals surface area contributed by atoms with Crippen molar-refractivity contribution in [1.82, 2.24) is 19.7 Å². The number of aryl methyl sites for hydroxylation is 1. The van der Waals surface area contributed by atoms with Gasteiger partial charge in [-0.2, -0.15) is 5.10 Å². The number of nitrogens with zero attached hydrogens (tertiary/aromatic N) is 5. The third kappa shape index (κ3) is 5.80. The number of aromatic carboxylic acids is 1. The summed E-state index contributed by atoms with van der Waals surface area (Å²) in [7, 11) is 0. The van der Waals surface area contributed by atoms with E-state index in [9.17, 15) is 19.8 Å². The Kier molecular flexibility index (Phi) is 7.70. The molecule has 4 bridgehead atoms. The topological polar surface area (TPSA) is 133 Å². The Balaban J connectivity index is 1.07. The molecule has 2 amide bonds. The molecular weight excluding hydrogens is 661 g/mol. The zero-order valence-electron chi connectivity index (χ0n) is 29.5. The number of fused-ring (bicyclic) bond motifs is 1. The Hall–Kier alpha value is -4.61. The quantitative estimate of drug-likeness (QED) is 0.168. The number of rotatable bonds is 8. The second-order valence-electron chi connectivity index (χ2n) is 16.3. The average molecular weight is 705 g/mol. The van der Waals surface area contributed by atoms with Crippen LogP contribution in [0, 0.1) is 23.2 Å². The van der Waals surface area contributed by atoms with E-state index in [2.05, 4.69) is 42.3 Å². The summed E-state index contributed by atoms with van der Waals surface area (Å²) in [6, 6.07) is 9.21. The third-order valence-corrected chi connectivity index (χ3v) is 12.7. The molecule has 2 unspecified atom stereocenters. The predicted octanol–water partition coefficient (Wildman–Crippen LogP) is 8.46. The number of hydrogen-bond donors (Lipinski definition) is 3. The number of aromatic nitrogens is 4. The molecule has 4 aliphatic carbocycles. The Labute approximate surface area is 302 Å². The highest BCUT2D eigenvalue weighted by molar-refractivity contribution is 7.16. The second kappa shape index (κ2) is 11.7. The molecule has 9 rings (SSSR count). The van der Waals surface area contributed by atoms with Gasteiger partial charge in [-0.1, -0.05) is 50.5 Å². The molecule has 264 valence electrons. The Bertz CT molecular complexity index is 2050. The SMILES string of the molecule is C=Cc1nc(NC(=O)N2CCCc3ccc(-c4ccc(-c5cnn(CC67CC8(C)CC(C)(CC(O)(C8)C6)C7)c5C)c(C(=O)O)n4)cc32)sc1C=C. The molecular formula is C40H44N6O4S. The highest BCUT2D eigenvalue weighted by atomic mass is 32.1. The lowest BCUT2D eigenvalue weighted by atomic mass is 9.39. The van der Waals surface area contributed by atoms with E-state index in [1.165, 1.54) is 11.3 Å². The van der Waals surface area contributed by atoms with Gasteiger partial charge in [0.05, 0.1) is 28.1 Å². The molecule has 51 heavy (non-hydrogen) atoms. The predicted molar refractivity (Wildman–Crippen MR) is 201 cm³/mol. The monoisotopic (exact) mass is 704 g/mol. The lowest BCUT2D eigenvalue weighted by molar-refractivity contribution is -0.229. The van der Waals surface area contributed by atoms with E-state index in [-0.39, 0.29) is 28.0 Å². The molecule has 2 atom stereocenters. The van der Waals surface area contributed by atoms with Crippen molar-refractivity contribution < 1.29 is 19.8 Å². The number of anilines is 2. The fraction of sp³-hybridized carbons (Fsp3) is 0.425. The summed E-state index contributed by atoms with van der Waals surface area (Å²) < 4.78 is 2.02. The first-order chi connectivity index (χ1) is 24.2. The number of carbonyl (C=O) groups excluding carboxylic acids is 1. The van der Waals surface area contributed by atoms with E-state index >= 15 is 0 Å². The van der Waals surface area contributed by atoms with E-state index in [0.717, 1.165) is 78.8 Å². The highest BCUT2D eigenvalue weighted by Crippen LogP contribution is 2.71. The molecule has 5 aliphatic rings. The first-order valence-corrected chi connectivity index (χ1v) is 18.5. The molecule has 11 heteroatoms. The van der Waals surface area contributed by atoms with E-state index in [1.54, 1.807) is 23.2 Å². The zero-order valence-corrected chi connectivity index (χ0v) is 30.3. The minimum Gasteiger partial charge on any atom is -0.476 e. The van der Waals surface area contributed by atoms with Crippen LogP contribution >= 0.6 is 11.3 Å². The number of carboxylic acid groups (broad SMARTS) is 1. The number of amides is 2. The molecule has 4 saturated carbocycles. The van der Waals surface area contributed by atoms with Gasteiger partial charge in [0.1, 0.15) is 0 Å². The summed E-state index contributed by atoms with van der Waals surface area (Å²) in [5.41, 5.74) is 5.36. The lowest BCUT2D eigenvalue weighted by Gasteiger charge is -2.68. The van der Waals surface area contributed by atoms with Crippen LogP contribution in [0.2, 0.25) is 0 Å². The van der Waals surface area contributed by atoms with Crippen molar-refractivity contribution in [3.63, 3.8) is 0 Å². The van der Waals surface area contributed by atoms with Crippen LogP contribution in [0.3, 0.4) is 0 Å². The van der Waals surface area contributed by atoms with Crippen molar-refractivity contribution in [2.24, 2.45) is 16.2 Å². The molecule has 4 fully saturated rings. The Morgan fingerprint density at radius 1 is 1.00 bits per heavy atom. The van der Waals surface area contributed by atoms with Gasteiger partial charge in [0.2, 0.25) is 0 Å². The molecule has 1 aliphatic heterocycles. The van der Waals surface area contributed by atoms with E-state index in [1.807, 2.05) is 41.9 Å². The van der Waals surface area contributed by atoms with Crippen LogP contribution in [-0.2, 0) is 13.0 Å². The Morgan fingerprint density at radius 3 is 2.43 bits per heavy atom. The van der Waals surface area contributed by atoms with Gasteiger partial charge in [0.25, 0.3) is 0 Å². The number of nitrogens with one attached hydrogen (secondary N) is 1. The molecule has 10 nitrogen and oxygen atoms in total. The molecule has 4 aromatic rings. The molecule has 3 aromatic heterocycles. The van der Waals surface area contributed by atoms with Crippen molar-refractivity contribution in [3.8, 4) is 22.4 Å². The van der Waals surface area contributed by atoms with Crippen molar-refractivity contribution in [2.45, 2.75) is 84.3 Å². The number of aliphatic hydroxyl groups is 1. The van der Waals surface area contributed by atoms with Crippen LogP contribution in [0.5, 0.6) is 0 Å². The second-order valence-corrected chi connectivity index (χ2v) is 17.3. The summed E-state index contributed by atoms with van der Waals surface area (Å²) in [5, 5.41) is 30.2. The minimum absolute atomic E-state index is 0.0423. The number of pyridine rings is 1. The maximum absolute atomic E-state index is 13.5. The average Bonchev–Trinajstić information content (AvgIpc) is 3.63. The van der Waals surface area contributed by atoms with Crippen LogP contribution in [0.4, 0.5) is 15.6 Å². The summed E-state index contributed by atoms with van der Waals surface area (Å²) in [5.74, 6) is -1.12. The van der Waals surface area contributed by atoms with Gasteiger partial charge in [-0.05, 0) is 110 Å². The Morgan fingerprint density at radius 2 is 1.76 bits per heavy atom. The van der Waals surface area contributed by atoms with Gasteiger partial charge < -0.3 is 10.2 Å². The van der Waals surface area contributed by atoms with Crippen molar-refractivity contribution in [2.75, 3.05) is 16.8 Å². The van der Waals surface area contributed by atoms with Crippen LogP contribution in [0.25, 0.3) is 34.5 Å². The summed E-state index contributed by atoms with van der Waals surface area (Å²) in [6.45, 7) is 15.5. The number of carboxylic acids is 1. The lowest BCUT2D eigenvalue weighted by Crippen LogP contribution is -2.63. The summed E-state index contributed by atoms with van der Waals surface area (Å²) >= 11 is 1.34. The molecule has 0 spiro atoms. The van der Waals surface area contributed by atoms with Gasteiger partial charge in [-0.15, -0.1) is 0 Å². The number of hydrogen-bond acceptors (Lipinski definition) is 7. The summed E-state index contributed by atoms with van der Waals surface area (Å²) in [4.78, 5) is 37.9. The normalized spacial score (nSPS) is 27.6. The number of benzene rings is 1. The van der Waals surface area contributed by atoms with Crippen molar-refractivity contribution in [1.29, 1.82) is 0 Å². The van der Waals surface area contributed by atoms with Gasteiger partial charge >= 0.3 is 12.0 Å². The van der Waals surface area contributed by atoms with E-state index < -0.39 is 11.6 Å². The minimum atomic E-state index is -1.12. The largest absolute Gasteiger partial charge is 0.476 e. The number of carbonyl (C=O) groups is 2. The molecule has 3 N–H and O–H groups in total. The molecule has 0 saturated heterocycles. The number of thiazole rings is 1.